The summed E-state index contributed by atoms with van der Waals surface area (Å²) in [6, 6.07) is 5.32. The van der Waals surface area contributed by atoms with Gasteiger partial charge in [-0.2, -0.15) is 0 Å². The van der Waals surface area contributed by atoms with Crippen LogP contribution in [-0.2, 0) is 4.79 Å². The van der Waals surface area contributed by atoms with Crippen molar-refractivity contribution in [3.8, 4) is 0 Å². The normalized spacial score (nSPS) is 20.7. The molecule has 1 aromatic rings. The Morgan fingerprint density at radius 1 is 1.26 bits per heavy atom. The number of halogens is 1. The summed E-state index contributed by atoms with van der Waals surface area (Å²) in [5, 5.41) is 9.03. The number of carbonyl (C=O) groups excluding carboxylic acids is 2. The van der Waals surface area contributed by atoms with E-state index in [0.29, 0.717) is 16.5 Å². The van der Waals surface area contributed by atoms with E-state index in [1.807, 2.05) is 0 Å². The van der Waals surface area contributed by atoms with Crippen molar-refractivity contribution >= 4 is 29.1 Å². The summed E-state index contributed by atoms with van der Waals surface area (Å²) in [6.07, 6.45) is 4.66. The smallest absolute Gasteiger partial charge is 0.252 e. The van der Waals surface area contributed by atoms with E-state index in [9.17, 15) is 9.59 Å². The van der Waals surface area contributed by atoms with Crippen LogP contribution in [0.3, 0.4) is 0 Å². The van der Waals surface area contributed by atoms with Gasteiger partial charge in [-0.05, 0) is 37.0 Å². The lowest BCUT2D eigenvalue weighted by Crippen LogP contribution is -2.43. The van der Waals surface area contributed by atoms with Crippen molar-refractivity contribution in [1.29, 1.82) is 0 Å². The van der Waals surface area contributed by atoms with Gasteiger partial charge >= 0.3 is 0 Å². The number of nitrogens with one attached hydrogen (secondary N) is 3. The molecule has 126 valence electrons. The van der Waals surface area contributed by atoms with Gasteiger partial charge in [-0.15, -0.1) is 0 Å². The number of rotatable bonds is 5. The number of anilines is 1. The highest BCUT2D eigenvalue weighted by atomic mass is 35.5. The van der Waals surface area contributed by atoms with Crippen LogP contribution in [0.4, 0.5) is 5.69 Å². The molecule has 3 N–H and O–H groups in total. The standard InChI is InChI=1S/C17H24ClN3O2/c1-11-5-3-4-6-15(11)21-16(22)10-20-12-7-8-13(14(18)9-12)17(23)19-2/h7-9,11,15,20H,3-6,10H2,1-2H3,(H,19,23)(H,21,22)/t11-,15+/m0/s1. The lowest BCUT2D eigenvalue weighted by atomic mass is 9.86. The second-order valence-corrected chi connectivity index (χ2v) is 6.47. The minimum Gasteiger partial charge on any atom is -0.376 e. The maximum Gasteiger partial charge on any atom is 0.252 e. The average molecular weight is 338 g/mol. The Morgan fingerprint density at radius 3 is 2.65 bits per heavy atom. The average Bonchev–Trinajstić information content (AvgIpc) is 2.54. The molecule has 0 aromatic heterocycles. The number of amides is 2. The molecule has 6 heteroatoms. The van der Waals surface area contributed by atoms with Gasteiger partial charge in [0, 0.05) is 18.8 Å². The van der Waals surface area contributed by atoms with Gasteiger partial charge in [-0.3, -0.25) is 9.59 Å². The first-order chi connectivity index (χ1) is 11.0. The van der Waals surface area contributed by atoms with Gasteiger partial charge in [0.25, 0.3) is 5.91 Å². The lowest BCUT2D eigenvalue weighted by Gasteiger charge is -2.29. The van der Waals surface area contributed by atoms with Gasteiger partial charge < -0.3 is 16.0 Å². The van der Waals surface area contributed by atoms with Gasteiger partial charge in [-0.1, -0.05) is 31.4 Å². The summed E-state index contributed by atoms with van der Waals surface area (Å²) < 4.78 is 0. The highest BCUT2D eigenvalue weighted by molar-refractivity contribution is 6.34. The van der Waals surface area contributed by atoms with E-state index >= 15 is 0 Å². The van der Waals surface area contributed by atoms with Crippen LogP contribution in [0.1, 0.15) is 43.0 Å². The van der Waals surface area contributed by atoms with Gasteiger partial charge in [0.05, 0.1) is 17.1 Å². The van der Waals surface area contributed by atoms with Crippen molar-refractivity contribution < 1.29 is 9.59 Å². The van der Waals surface area contributed by atoms with E-state index in [-0.39, 0.29) is 24.4 Å². The minimum atomic E-state index is -0.231. The Labute approximate surface area is 142 Å². The molecule has 1 saturated carbocycles. The topological polar surface area (TPSA) is 70.2 Å². The van der Waals surface area contributed by atoms with E-state index in [2.05, 4.69) is 22.9 Å². The van der Waals surface area contributed by atoms with E-state index in [1.54, 1.807) is 25.2 Å². The fourth-order valence-electron chi connectivity index (χ4n) is 2.91. The third kappa shape index (κ3) is 4.86. The van der Waals surface area contributed by atoms with Crippen LogP contribution in [0.25, 0.3) is 0 Å². The van der Waals surface area contributed by atoms with Crippen LogP contribution in [0.15, 0.2) is 18.2 Å². The monoisotopic (exact) mass is 337 g/mol. The predicted molar refractivity (Wildman–Crippen MR) is 92.9 cm³/mol. The summed E-state index contributed by atoms with van der Waals surface area (Å²) in [5.74, 6) is 0.287. The third-order valence-electron chi connectivity index (χ3n) is 4.35. The van der Waals surface area contributed by atoms with Crippen molar-refractivity contribution in [1.82, 2.24) is 10.6 Å². The van der Waals surface area contributed by atoms with Crippen molar-refractivity contribution in [3.05, 3.63) is 28.8 Å². The maximum atomic E-state index is 12.1. The molecule has 0 heterocycles. The van der Waals surface area contributed by atoms with Crippen molar-refractivity contribution in [2.45, 2.75) is 38.6 Å². The van der Waals surface area contributed by atoms with Gasteiger partial charge in [0.1, 0.15) is 0 Å². The zero-order valence-corrected chi connectivity index (χ0v) is 14.4. The molecule has 0 radical (unpaired) electrons. The number of hydrogen-bond acceptors (Lipinski definition) is 3. The molecule has 2 amide bonds. The molecule has 23 heavy (non-hydrogen) atoms. The molecule has 2 atom stereocenters. The van der Waals surface area contributed by atoms with Crippen molar-refractivity contribution in [3.63, 3.8) is 0 Å². The maximum absolute atomic E-state index is 12.1. The molecule has 0 aliphatic heterocycles. The first-order valence-corrected chi connectivity index (χ1v) is 8.44. The molecule has 0 unspecified atom stereocenters. The molecule has 5 nitrogen and oxygen atoms in total. The van der Waals surface area contributed by atoms with Crippen LogP contribution in [0.2, 0.25) is 5.02 Å². The van der Waals surface area contributed by atoms with Crippen molar-refractivity contribution in [2.75, 3.05) is 18.9 Å². The SMILES string of the molecule is CNC(=O)c1ccc(NCC(=O)N[C@@H]2CCCC[C@@H]2C)cc1Cl. The third-order valence-corrected chi connectivity index (χ3v) is 4.66. The Balaban J connectivity index is 1.86. The van der Waals surface area contributed by atoms with Crippen LogP contribution in [-0.4, -0.2) is 31.4 Å². The summed E-state index contributed by atoms with van der Waals surface area (Å²) >= 11 is 6.09. The number of hydrogen-bond donors (Lipinski definition) is 3. The van der Waals surface area contributed by atoms with E-state index in [0.717, 1.165) is 12.1 Å². The van der Waals surface area contributed by atoms with E-state index < -0.39 is 0 Å². The fourth-order valence-corrected chi connectivity index (χ4v) is 3.18. The quantitative estimate of drug-likeness (QED) is 0.773. The van der Waals surface area contributed by atoms with Crippen molar-refractivity contribution in [2.24, 2.45) is 5.92 Å². The first-order valence-electron chi connectivity index (χ1n) is 8.06. The van der Waals surface area contributed by atoms with Crippen LogP contribution < -0.4 is 16.0 Å². The predicted octanol–water partition coefficient (Wildman–Crippen LogP) is 2.81. The number of benzene rings is 1. The molecule has 1 aliphatic carbocycles. The Morgan fingerprint density at radius 2 is 2.00 bits per heavy atom. The molecule has 0 spiro atoms. The Kier molecular flexibility index (Phi) is 6.28. The Bertz CT molecular complexity index is 577. The first kappa shape index (κ1) is 17.6. The van der Waals surface area contributed by atoms with E-state index in [4.69, 9.17) is 11.6 Å². The van der Waals surface area contributed by atoms with Gasteiger partial charge in [0.15, 0.2) is 0 Å². The van der Waals surface area contributed by atoms with Crippen LogP contribution in [0, 0.1) is 5.92 Å². The zero-order valence-electron chi connectivity index (χ0n) is 13.6. The molecule has 0 bridgehead atoms. The molecule has 1 aromatic carbocycles. The van der Waals surface area contributed by atoms with E-state index in [1.165, 1.54) is 19.3 Å². The summed E-state index contributed by atoms with van der Waals surface area (Å²) in [4.78, 5) is 23.6. The molecule has 1 aliphatic rings. The van der Waals surface area contributed by atoms with Crippen LogP contribution >= 0.6 is 11.6 Å². The van der Waals surface area contributed by atoms with Gasteiger partial charge in [-0.25, -0.2) is 0 Å². The molecular formula is C17H24ClN3O2. The van der Waals surface area contributed by atoms with Crippen LogP contribution in [0.5, 0.6) is 0 Å². The zero-order chi connectivity index (χ0) is 16.8. The highest BCUT2D eigenvalue weighted by Crippen LogP contribution is 2.24. The summed E-state index contributed by atoms with van der Waals surface area (Å²) in [5.41, 5.74) is 1.13. The molecule has 1 fully saturated rings. The number of carbonyl (C=O) groups is 2. The second-order valence-electron chi connectivity index (χ2n) is 6.06. The molecular weight excluding hydrogens is 314 g/mol. The molecule has 0 saturated heterocycles. The van der Waals surface area contributed by atoms with Gasteiger partial charge in [0.2, 0.25) is 5.91 Å². The largest absolute Gasteiger partial charge is 0.376 e. The summed E-state index contributed by atoms with van der Waals surface area (Å²) in [7, 11) is 1.56. The fraction of sp³-hybridized carbons (Fsp3) is 0.529. The lowest BCUT2D eigenvalue weighted by molar-refractivity contribution is -0.120. The Hall–Kier alpha value is -1.75. The second kappa shape index (κ2) is 8.20. The summed E-state index contributed by atoms with van der Waals surface area (Å²) in [6.45, 7) is 2.38. The highest BCUT2D eigenvalue weighted by Gasteiger charge is 2.22. The minimum absolute atomic E-state index is 0.0183. The molecule has 2 rings (SSSR count).